The van der Waals surface area contributed by atoms with Crippen LogP contribution in [0.1, 0.15) is 35.2 Å². The zero-order valence-electron chi connectivity index (χ0n) is 22.3. The summed E-state index contributed by atoms with van der Waals surface area (Å²) in [7, 11) is 1.62. The molecule has 11 heteroatoms. The van der Waals surface area contributed by atoms with Gasteiger partial charge in [0.2, 0.25) is 0 Å². The highest BCUT2D eigenvalue weighted by atomic mass is 32.1. The number of benzene rings is 2. The van der Waals surface area contributed by atoms with Gasteiger partial charge >= 0.3 is 0 Å². The van der Waals surface area contributed by atoms with E-state index in [1.54, 1.807) is 30.9 Å². The van der Waals surface area contributed by atoms with Crippen molar-refractivity contribution in [3.63, 3.8) is 0 Å². The third-order valence-corrected chi connectivity index (χ3v) is 8.22. The minimum atomic E-state index is -1.11. The summed E-state index contributed by atoms with van der Waals surface area (Å²) in [5, 5.41) is 11.3. The number of hydrogen-bond donors (Lipinski definition) is 3. The first-order chi connectivity index (χ1) is 19.3. The van der Waals surface area contributed by atoms with Crippen LogP contribution in [-0.2, 0) is 19.6 Å². The molecular formula is C29H32FN7O2S. The summed E-state index contributed by atoms with van der Waals surface area (Å²) in [5.41, 5.74) is 16.1. The van der Waals surface area contributed by atoms with Crippen molar-refractivity contribution in [3.05, 3.63) is 99.1 Å². The van der Waals surface area contributed by atoms with E-state index in [1.807, 2.05) is 30.3 Å². The summed E-state index contributed by atoms with van der Waals surface area (Å²) in [5.74, 6) is -0.259. The number of thiazole rings is 1. The van der Waals surface area contributed by atoms with E-state index in [2.05, 4.69) is 19.9 Å². The van der Waals surface area contributed by atoms with Gasteiger partial charge in [0.1, 0.15) is 17.2 Å². The minimum absolute atomic E-state index is 0.0238. The average molecular weight is 562 g/mol. The number of halogens is 1. The molecule has 2 aromatic heterocycles. The molecule has 40 heavy (non-hydrogen) atoms. The van der Waals surface area contributed by atoms with Crippen molar-refractivity contribution in [2.24, 2.45) is 10.7 Å². The van der Waals surface area contributed by atoms with Gasteiger partial charge in [-0.25, -0.2) is 9.37 Å². The van der Waals surface area contributed by atoms with E-state index in [0.29, 0.717) is 56.0 Å². The van der Waals surface area contributed by atoms with Crippen LogP contribution in [0.4, 0.5) is 10.1 Å². The van der Waals surface area contributed by atoms with Crippen LogP contribution in [0.25, 0.3) is 10.4 Å². The zero-order chi connectivity index (χ0) is 28.3. The van der Waals surface area contributed by atoms with Crippen molar-refractivity contribution in [3.8, 4) is 10.4 Å². The molecule has 1 fully saturated rings. The van der Waals surface area contributed by atoms with E-state index in [-0.39, 0.29) is 18.0 Å². The van der Waals surface area contributed by atoms with Crippen molar-refractivity contribution in [2.75, 3.05) is 25.9 Å². The summed E-state index contributed by atoms with van der Waals surface area (Å²) in [4.78, 5) is 29.0. The van der Waals surface area contributed by atoms with Crippen LogP contribution in [0.5, 0.6) is 0 Å². The van der Waals surface area contributed by atoms with E-state index in [1.165, 1.54) is 22.2 Å². The van der Waals surface area contributed by atoms with E-state index in [4.69, 9.17) is 11.5 Å². The summed E-state index contributed by atoms with van der Waals surface area (Å²) in [6, 6.07) is 12.8. The standard InChI is InChI=1S/C29H32FN7O2S/c1-33-26(20-4-2-19(13-31)3-5-20)27-25(32)28(38)37(17-35-27)16-29(39)8-10-36(11-9-29)15-22-7-6-21(12-23(22)30)24-14-34-18-40-24/h2-7,12,14,17-18,39H,8-11,13,15-16,31-32H2,1H3. The lowest BCUT2D eigenvalue weighted by Gasteiger charge is -2.38. The molecular weight excluding hydrogens is 529 g/mol. The van der Waals surface area contributed by atoms with Gasteiger partial charge in [0, 0.05) is 50.6 Å². The van der Waals surface area contributed by atoms with Crippen LogP contribution in [0, 0.1) is 5.82 Å². The second-order valence-corrected chi connectivity index (χ2v) is 11.0. The Bertz CT molecular complexity index is 1560. The predicted octanol–water partition coefficient (Wildman–Crippen LogP) is 3.04. The van der Waals surface area contributed by atoms with Gasteiger partial charge in [-0.15, -0.1) is 11.3 Å². The van der Waals surface area contributed by atoms with Crippen LogP contribution in [0.15, 0.2) is 70.3 Å². The van der Waals surface area contributed by atoms with Crippen LogP contribution in [-0.4, -0.2) is 56.0 Å². The van der Waals surface area contributed by atoms with E-state index >= 15 is 0 Å². The molecule has 4 aromatic rings. The van der Waals surface area contributed by atoms with Crippen molar-refractivity contribution < 1.29 is 9.50 Å². The molecule has 0 amide bonds. The van der Waals surface area contributed by atoms with Crippen molar-refractivity contribution >= 4 is 22.7 Å². The first-order valence-corrected chi connectivity index (χ1v) is 13.9. The summed E-state index contributed by atoms with van der Waals surface area (Å²) in [6.07, 6.45) is 4.00. The number of hydrogen-bond acceptors (Lipinski definition) is 9. The molecule has 5 rings (SSSR count). The fraction of sp³-hybridized carbons (Fsp3) is 0.310. The number of anilines is 1. The normalized spacial score (nSPS) is 15.8. The lowest BCUT2D eigenvalue weighted by atomic mass is 9.91. The SMILES string of the molecule is CN=C(c1ccc(CN)cc1)c1ncn(CC2(O)CCN(Cc3ccc(-c4cncs4)cc3F)CC2)c(=O)c1N. The lowest BCUT2D eigenvalue weighted by molar-refractivity contribution is -0.0366. The quantitative estimate of drug-likeness (QED) is 0.281. The number of rotatable bonds is 8. The molecule has 1 saturated heterocycles. The smallest absolute Gasteiger partial charge is 0.277 e. The summed E-state index contributed by atoms with van der Waals surface area (Å²) in [6.45, 7) is 2.06. The molecule has 3 heterocycles. The molecule has 0 saturated carbocycles. The summed E-state index contributed by atoms with van der Waals surface area (Å²) >= 11 is 1.47. The van der Waals surface area contributed by atoms with Crippen LogP contribution in [0.3, 0.4) is 0 Å². The van der Waals surface area contributed by atoms with E-state index < -0.39 is 11.2 Å². The Balaban J connectivity index is 1.24. The number of nitrogens with zero attached hydrogens (tertiary/aromatic N) is 5. The van der Waals surface area contributed by atoms with Crippen molar-refractivity contribution in [1.29, 1.82) is 0 Å². The van der Waals surface area contributed by atoms with Gasteiger partial charge in [0.25, 0.3) is 5.56 Å². The topological polar surface area (TPSA) is 136 Å². The predicted molar refractivity (Wildman–Crippen MR) is 156 cm³/mol. The molecule has 0 spiro atoms. The van der Waals surface area contributed by atoms with Crippen molar-refractivity contribution in [1.82, 2.24) is 19.4 Å². The molecule has 5 N–H and O–H groups in total. The number of nitrogen functional groups attached to an aromatic ring is 1. The lowest BCUT2D eigenvalue weighted by Crippen LogP contribution is -2.48. The van der Waals surface area contributed by atoms with Gasteiger partial charge < -0.3 is 16.6 Å². The molecule has 0 aliphatic carbocycles. The largest absolute Gasteiger partial charge is 0.392 e. The van der Waals surface area contributed by atoms with E-state index in [0.717, 1.165) is 21.6 Å². The number of likely N-dealkylation sites (tertiary alicyclic amines) is 1. The molecule has 208 valence electrons. The number of aliphatic hydroxyl groups is 1. The first-order valence-electron chi connectivity index (χ1n) is 13.0. The van der Waals surface area contributed by atoms with Gasteiger partial charge in [-0.3, -0.25) is 24.2 Å². The average Bonchev–Trinajstić information content (AvgIpc) is 3.51. The molecule has 0 unspecified atom stereocenters. The van der Waals surface area contributed by atoms with Gasteiger partial charge in [-0.05, 0) is 30.0 Å². The number of nitrogens with two attached hydrogens (primary N) is 2. The monoisotopic (exact) mass is 561 g/mol. The van der Waals surface area contributed by atoms with Crippen LogP contribution < -0.4 is 17.0 Å². The van der Waals surface area contributed by atoms with Gasteiger partial charge in [0.05, 0.1) is 34.6 Å². The van der Waals surface area contributed by atoms with E-state index in [9.17, 15) is 14.3 Å². The maximum atomic E-state index is 14.8. The highest BCUT2D eigenvalue weighted by molar-refractivity contribution is 7.13. The van der Waals surface area contributed by atoms with Gasteiger partial charge in [-0.2, -0.15) is 0 Å². The highest BCUT2D eigenvalue weighted by Gasteiger charge is 2.33. The number of aromatic nitrogens is 3. The molecule has 9 nitrogen and oxygen atoms in total. The Morgan fingerprint density at radius 2 is 1.95 bits per heavy atom. The van der Waals surface area contributed by atoms with Gasteiger partial charge in [0.15, 0.2) is 0 Å². The zero-order valence-corrected chi connectivity index (χ0v) is 23.1. The summed E-state index contributed by atoms with van der Waals surface area (Å²) < 4.78 is 16.2. The Morgan fingerprint density at radius 1 is 1.20 bits per heavy atom. The third-order valence-electron chi connectivity index (χ3n) is 7.40. The Morgan fingerprint density at radius 3 is 2.58 bits per heavy atom. The third kappa shape index (κ3) is 5.87. The van der Waals surface area contributed by atoms with Crippen LogP contribution >= 0.6 is 11.3 Å². The fourth-order valence-corrected chi connectivity index (χ4v) is 5.63. The molecule has 0 atom stereocenters. The van der Waals surface area contributed by atoms with Crippen LogP contribution in [0.2, 0.25) is 0 Å². The highest BCUT2D eigenvalue weighted by Crippen LogP contribution is 2.28. The minimum Gasteiger partial charge on any atom is -0.392 e. The number of piperidine rings is 1. The maximum Gasteiger partial charge on any atom is 0.277 e. The second-order valence-electron chi connectivity index (χ2n) is 10.1. The second kappa shape index (κ2) is 11.8. The fourth-order valence-electron chi connectivity index (χ4n) is 5.01. The Hall–Kier alpha value is -3.77. The Labute approximate surface area is 235 Å². The van der Waals surface area contributed by atoms with Crippen molar-refractivity contribution in [2.45, 2.75) is 38.1 Å². The Kier molecular flexibility index (Phi) is 8.17. The molecule has 1 aliphatic rings. The maximum absolute atomic E-state index is 14.8. The molecule has 0 radical (unpaired) electrons. The first kappa shape index (κ1) is 27.8. The molecule has 0 bridgehead atoms. The van der Waals surface area contributed by atoms with Gasteiger partial charge in [-0.1, -0.05) is 36.4 Å². The molecule has 2 aromatic carbocycles. The molecule has 1 aliphatic heterocycles. The number of aliphatic imine (C=N–C) groups is 1.